The van der Waals surface area contributed by atoms with Crippen LogP contribution >= 0.6 is 0 Å². The number of ether oxygens (including phenoxy) is 1. The molecule has 4 aliphatic heterocycles. The van der Waals surface area contributed by atoms with Gasteiger partial charge in [0.05, 0.1) is 42.9 Å². The first kappa shape index (κ1) is 30.9. The van der Waals surface area contributed by atoms with Gasteiger partial charge in [0.15, 0.2) is 0 Å². The molecule has 0 fully saturated rings. The molecule has 6 heterocycles. The van der Waals surface area contributed by atoms with Gasteiger partial charge in [0, 0.05) is 59.2 Å². The number of carbonyl (C=O) groups excluding carboxylic acids is 1. The maximum atomic E-state index is 12.1. The van der Waals surface area contributed by atoms with Crippen LogP contribution in [0.25, 0.3) is 21.9 Å². The molecule has 4 aromatic rings. The smallest absolute Gasteiger partial charge is 0.351 e. The van der Waals surface area contributed by atoms with Crippen LogP contribution in [0.15, 0.2) is 42.7 Å². The molecule has 0 saturated heterocycles. The first-order valence-corrected chi connectivity index (χ1v) is 15.3. The minimum Gasteiger partial charge on any atom is -0.477 e. The fourth-order valence-corrected chi connectivity index (χ4v) is 7.22. The number of rotatable bonds is 2. The van der Waals surface area contributed by atoms with Crippen LogP contribution in [0.5, 0.6) is 0 Å². The van der Waals surface area contributed by atoms with Crippen molar-refractivity contribution in [1.82, 2.24) is 0 Å². The van der Waals surface area contributed by atoms with Crippen LogP contribution in [0.1, 0.15) is 93.1 Å². The summed E-state index contributed by atoms with van der Waals surface area (Å²) in [4.78, 5) is 51.0. The number of aliphatic hydroxyl groups is 4. The largest absolute Gasteiger partial charge is 0.477 e. The molecule has 0 saturated carbocycles. The van der Waals surface area contributed by atoms with Crippen LogP contribution in [-0.4, -0.2) is 70.8 Å². The topological polar surface area (TPSA) is 211 Å². The van der Waals surface area contributed by atoms with Crippen molar-refractivity contribution in [3.8, 4) is 0 Å². The quantitative estimate of drug-likeness (QED) is 0.156. The third-order valence-corrected chi connectivity index (χ3v) is 9.46. The maximum Gasteiger partial charge on any atom is 0.351 e. The second-order valence-corrected chi connectivity index (χ2v) is 12.2. The molecule has 2 aromatic carbocycles. The molecule has 14 nitrogen and oxygen atoms in total. The summed E-state index contributed by atoms with van der Waals surface area (Å²) in [5.41, 5.74) is 1.82. The highest BCUT2D eigenvalue weighted by Gasteiger charge is 2.36. The van der Waals surface area contributed by atoms with Crippen molar-refractivity contribution in [3.63, 3.8) is 0 Å². The number of hydrogen-bond acceptors (Lipinski definition) is 13. The van der Waals surface area contributed by atoms with Crippen molar-refractivity contribution in [3.05, 3.63) is 78.5 Å². The highest BCUT2D eigenvalue weighted by atomic mass is 16.5. The predicted octanol–water partition coefficient (Wildman–Crippen LogP) is 2.43. The fourth-order valence-electron chi connectivity index (χ4n) is 7.22. The zero-order valence-electron chi connectivity index (χ0n) is 25.3. The molecule has 0 aliphatic carbocycles. The number of hydrogen-bond donors (Lipinski definition) is 5. The van der Waals surface area contributed by atoms with Crippen molar-refractivity contribution in [2.24, 2.45) is 0 Å². The summed E-state index contributed by atoms with van der Waals surface area (Å²) in [6.07, 6.45) is -0.765. The van der Waals surface area contributed by atoms with Gasteiger partial charge in [-0.1, -0.05) is 0 Å². The van der Waals surface area contributed by atoms with E-state index < -0.39 is 53.2 Å². The number of carboxylic acid groups (broad SMARTS) is 1. The van der Waals surface area contributed by atoms with Crippen LogP contribution in [-0.2, 0) is 4.74 Å². The van der Waals surface area contributed by atoms with E-state index in [4.69, 9.17) is 13.9 Å². The van der Waals surface area contributed by atoms with E-state index in [1.807, 2.05) is 0 Å². The molecule has 246 valence electrons. The Bertz CT molecular complexity index is 2080. The zero-order valence-corrected chi connectivity index (χ0v) is 25.3. The van der Waals surface area contributed by atoms with Crippen molar-refractivity contribution in [1.29, 1.82) is 0 Å². The maximum absolute atomic E-state index is 12.1. The Balaban J connectivity index is 0.000000150. The normalized spacial score (nSPS) is 22.7. The summed E-state index contributed by atoms with van der Waals surface area (Å²) in [6.45, 7) is 2.70. The molecule has 4 atom stereocenters. The lowest BCUT2D eigenvalue weighted by Crippen LogP contribution is -2.37. The number of carbonyl (C=O) groups is 2. The second-order valence-electron chi connectivity index (χ2n) is 12.2. The standard InChI is InChI=1S/C17H17NO6.C16H15NO6/c1-23-16(21)10-7-8-6-9-11(19)2-4-18-5-3-12(20)13(14(9)18)15(8)24-17(10)22;18-10-1-3-17-4-2-11(19)12-13(17)8(10)5-7-6-9(15(20)21)16(22)23-14(7)12/h6-7,11-12,19-20H,2-5H2,1H3;5-6,10-11,18-19H,1-4H2,(H,20,21). The van der Waals surface area contributed by atoms with E-state index in [1.54, 1.807) is 12.1 Å². The summed E-state index contributed by atoms with van der Waals surface area (Å²) < 4.78 is 15.2. The second kappa shape index (κ2) is 11.5. The van der Waals surface area contributed by atoms with Crippen molar-refractivity contribution in [2.45, 2.75) is 50.1 Å². The minimum atomic E-state index is -1.37. The van der Waals surface area contributed by atoms with Gasteiger partial charge in [-0.3, -0.25) is 0 Å². The molecule has 0 amide bonds. The Morgan fingerprint density at radius 3 is 1.51 bits per heavy atom. The Labute approximate surface area is 265 Å². The van der Waals surface area contributed by atoms with Gasteiger partial charge in [-0.05, 0) is 49.9 Å². The molecule has 0 bridgehead atoms. The Morgan fingerprint density at radius 1 is 0.681 bits per heavy atom. The number of fused-ring (bicyclic) bond motifs is 4. The Kier molecular flexibility index (Phi) is 7.55. The van der Waals surface area contributed by atoms with Gasteiger partial charge < -0.3 is 48.9 Å². The van der Waals surface area contributed by atoms with Crippen LogP contribution < -0.4 is 21.1 Å². The van der Waals surface area contributed by atoms with E-state index in [9.17, 15) is 39.6 Å². The van der Waals surface area contributed by atoms with Crippen molar-refractivity contribution in [2.75, 3.05) is 43.1 Å². The van der Waals surface area contributed by atoms with E-state index in [1.165, 1.54) is 19.2 Å². The number of nitrogens with zero attached hydrogens (tertiary/aromatic N) is 2. The number of anilines is 2. The SMILES string of the molecule is COC(=O)c1cc2cc3c4c(c2oc1=O)C(O)CCN4CCC3O.O=C(O)c1cc2cc3c4c(c2oc1=O)C(O)CCN4CCC3O. The number of benzene rings is 2. The fraction of sp³-hybridized carbons (Fsp3) is 0.394. The van der Waals surface area contributed by atoms with Gasteiger partial charge >= 0.3 is 23.2 Å². The van der Waals surface area contributed by atoms with E-state index in [-0.39, 0.29) is 16.7 Å². The Morgan fingerprint density at radius 2 is 1.09 bits per heavy atom. The predicted molar refractivity (Wildman–Crippen MR) is 166 cm³/mol. The van der Waals surface area contributed by atoms with Gasteiger partial charge in [0.1, 0.15) is 22.3 Å². The van der Waals surface area contributed by atoms with Gasteiger partial charge in [-0.15, -0.1) is 0 Å². The van der Waals surface area contributed by atoms with E-state index in [0.717, 1.165) is 5.69 Å². The summed E-state index contributed by atoms with van der Waals surface area (Å²) in [6, 6.07) is 6.01. The Hall–Kier alpha value is -4.76. The molecule has 5 N–H and O–H groups in total. The molecular weight excluding hydrogens is 616 g/mol. The summed E-state index contributed by atoms with van der Waals surface area (Å²) >= 11 is 0. The van der Waals surface area contributed by atoms with Crippen LogP contribution in [0, 0.1) is 0 Å². The van der Waals surface area contributed by atoms with E-state index >= 15 is 0 Å². The molecular formula is C33H32N2O12. The number of aliphatic hydroxyl groups excluding tert-OH is 4. The average Bonchev–Trinajstić information content (AvgIpc) is 3.05. The molecule has 4 aliphatic rings. The molecule has 4 unspecified atom stereocenters. The van der Waals surface area contributed by atoms with Gasteiger partial charge in [-0.25, -0.2) is 19.2 Å². The lowest BCUT2D eigenvalue weighted by molar-refractivity contribution is 0.0595. The first-order valence-electron chi connectivity index (χ1n) is 15.3. The molecule has 14 heteroatoms. The van der Waals surface area contributed by atoms with Crippen molar-refractivity contribution < 1.29 is 48.7 Å². The zero-order chi connectivity index (χ0) is 33.3. The first-order chi connectivity index (χ1) is 22.5. The van der Waals surface area contributed by atoms with Gasteiger partial charge in [0.25, 0.3) is 0 Å². The summed E-state index contributed by atoms with van der Waals surface area (Å²) in [7, 11) is 1.19. The summed E-state index contributed by atoms with van der Waals surface area (Å²) in [5.74, 6) is -2.14. The molecule has 0 radical (unpaired) electrons. The number of esters is 1. The molecule has 0 spiro atoms. The number of aromatic carboxylic acids is 1. The monoisotopic (exact) mass is 648 g/mol. The number of carboxylic acids is 1. The van der Waals surface area contributed by atoms with E-state index in [0.29, 0.717) is 90.6 Å². The molecule has 47 heavy (non-hydrogen) atoms. The van der Waals surface area contributed by atoms with Crippen LogP contribution in [0.2, 0.25) is 0 Å². The van der Waals surface area contributed by atoms with Crippen molar-refractivity contribution >= 4 is 45.3 Å². The van der Waals surface area contributed by atoms with Gasteiger partial charge in [-0.2, -0.15) is 0 Å². The van der Waals surface area contributed by atoms with Crippen LogP contribution in [0.4, 0.5) is 11.4 Å². The van der Waals surface area contributed by atoms with Crippen LogP contribution in [0.3, 0.4) is 0 Å². The highest BCUT2D eigenvalue weighted by Crippen LogP contribution is 2.48. The highest BCUT2D eigenvalue weighted by molar-refractivity contribution is 5.96. The summed E-state index contributed by atoms with van der Waals surface area (Å²) in [5, 5.41) is 51.5. The lowest BCUT2D eigenvalue weighted by Gasteiger charge is -2.40. The molecule has 2 aromatic heterocycles. The van der Waals surface area contributed by atoms with E-state index in [2.05, 4.69) is 14.5 Å². The third kappa shape index (κ3) is 4.95. The third-order valence-electron chi connectivity index (χ3n) is 9.46. The average molecular weight is 649 g/mol. The minimum absolute atomic E-state index is 0.199. The lowest BCUT2D eigenvalue weighted by atomic mass is 9.87. The molecule has 8 rings (SSSR count). The number of methoxy groups -OCH3 is 1. The van der Waals surface area contributed by atoms with Gasteiger partial charge in [0.2, 0.25) is 0 Å².